The zero-order valence-corrected chi connectivity index (χ0v) is 27.4. The number of ketones is 1. The molecule has 1 spiro atoms. The second-order valence-corrected chi connectivity index (χ2v) is 13.1. The highest BCUT2D eigenvalue weighted by Gasteiger charge is 2.53. The van der Waals surface area contributed by atoms with Crippen LogP contribution in [0.3, 0.4) is 0 Å². The molecule has 0 saturated heterocycles. The number of aryl methyl sites for hydroxylation is 1. The Hall–Kier alpha value is -3.94. The summed E-state index contributed by atoms with van der Waals surface area (Å²) in [7, 11) is 3.20. The number of pyridine rings is 1. The summed E-state index contributed by atoms with van der Waals surface area (Å²) >= 11 is 0. The summed E-state index contributed by atoms with van der Waals surface area (Å²) in [6.45, 7) is 14.3. The Morgan fingerprint density at radius 3 is 2.25 bits per heavy atom. The molecule has 1 amide bonds. The van der Waals surface area contributed by atoms with Gasteiger partial charge >= 0.3 is 5.97 Å². The lowest BCUT2D eigenvalue weighted by Crippen LogP contribution is -2.39. The fraction of sp³-hybridized carbons (Fsp3) is 0.500. The van der Waals surface area contributed by atoms with Crippen molar-refractivity contribution in [2.24, 2.45) is 11.3 Å². The number of likely N-dealkylation sites (N-methyl/N-ethyl adjacent to an activating group) is 1. The van der Waals surface area contributed by atoms with Crippen LogP contribution in [0.25, 0.3) is 11.3 Å². The maximum absolute atomic E-state index is 14.4. The van der Waals surface area contributed by atoms with Gasteiger partial charge in [0, 0.05) is 41.7 Å². The van der Waals surface area contributed by atoms with Crippen molar-refractivity contribution < 1.29 is 29.0 Å². The Morgan fingerprint density at radius 1 is 1.05 bits per heavy atom. The average Bonchev–Trinajstić information content (AvgIpc) is 3.66. The number of Topliss-reactive ketones (excluding diaryl/α,β-unsaturated/α-hetero) is 1. The number of aromatic carboxylic acids is 1. The molecule has 8 heteroatoms. The molecule has 1 aromatic carbocycles. The van der Waals surface area contributed by atoms with Gasteiger partial charge in [-0.25, -0.2) is 9.78 Å². The van der Waals surface area contributed by atoms with Gasteiger partial charge in [0.25, 0.3) is 5.91 Å². The van der Waals surface area contributed by atoms with Crippen molar-refractivity contribution >= 4 is 17.7 Å². The minimum absolute atomic E-state index is 0.00206. The Balaban J connectivity index is 1.85. The third-order valence-corrected chi connectivity index (χ3v) is 10.1. The van der Waals surface area contributed by atoms with Crippen LogP contribution in [0.1, 0.15) is 92.0 Å². The van der Waals surface area contributed by atoms with Crippen molar-refractivity contribution in [3.05, 3.63) is 68.6 Å². The number of aromatic nitrogens is 1. The molecule has 1 aromatic heterocycles. The summed E-state index contributed by atoms with van der Waals surface area (Å²) in [6.07, 6.45) is 3.07. The summed E-state index contributed by atoms with van der Waals surface area (Å²) in [5.41, 5.74) is 6.13. The molecule has 5 rings (SSSR count). The molecule has 1 fully saturated rings. The normalized spacial score (nSPS) is 20.2. The second kappa shape index (κ2) is 11.5. The van der Waals surface area contributed by atoms with E-state index in [-0.39, 0.29) is 34.8 Å². The Kier molecular flexibility index (Phi) is 8.25. The molecule has 8 nitrogen and oxygen atoms in total. The zero-order chi connectivity index (χ0) is 32.2. The number of nitrogens with zero attached hydrogens (tertiary/aromatic N) is 2. The van der Waals surface area contributed by atoms with Gasteiger partial charge in [-0.05, 0) is 99.3 Å². The van der Waals surface area contributed by atoms with E-state index in [9.17, 15) is 19.5 Å². The van der Waals surface area contributed by atoms with Crippen LogP contribution in [0, 0.1) is 32.1 Å². The number of rotatable bonds is 9. The van der Waals surface area contributed by atoms with Crippen molar-refractivity contribution in [1.82, 2.24) is 9.88 Å². The van der Waals surface area contributed by atoms with Crippen LogP contribution in [-0.4, -0.2) is 59.5 Å². The largest absolute Gasteiger partial charge is 0.501 e. The van der Waals surface area contributed by atoms with Crippen molar-refractivity contribution in [2.45, 2.75) is 86.1 Å². The number of amides is 1. The minimum Gasteiger partial charge on any atom is -0.501 e. The lowest BCUT2D eigenvalue weighted by Gasteiger charge is -2.32. The quantitative estimate of drug-likeness (QED) is 0.341. The number of benzene rings is 1. The van der Waals surface area contributed by atoms with Crippen LogP contribution in [0.15, 0.2) is 40.7 Å². The first kappa shape index (κ1) is 31.5. The number of hydrogen-bond donors (Lipinski definition) is 1. The molecular formula is C36H44N2O6. The second-order valence-electron chi connectivity index (χ2n) is 13.1. The standard InChI is InChI=1S/C36H44N2O6/c1-10-38-33(18(2)3)22(7)29(34(38)40)31(30-25(39)16-36(13-14-36)17-27(30)44-9)28-21(6)23(11-12-26(28)43-8)24-15-19(4)20(5)32(37-24)35(41)42/h11-12,15,18,31,33H,10,13-14,16-17H2,1-9H3,(H,41,42)/t31-,33-/m1/s1. The maximum atomic E-state index is 14.4. The van der Waals surface area contributed by atoms with Gasteiger partial charge in [0.2, 0.25) is 0 Å². The fourth-order valence-corrected chi connectivity index (χ4v) is 7.55. The van der Waals surface area contributed by atoms with E-state index < -0.39 is 11.9 Å². The average molecular weight is 601 g/mol. The highest BCUT2D eigenvalue weighted by molar-refractivity contribution is 6.06. The number of carbonyl (C=O) groups is 3. The molecule has 0 bridgehead atoms. The first-order valence-corrected chi connectivity index (χ1v) is 15.5. The highest BCUT2D eigenvalue weighted by atomic mass is 16.5. The van der Waals surface area contributed by atoms with E-state index in [4.69, 9.17) is 9.47 Å². The van der Waals surface area contributed by atoms with Gasteiger partial charge in [-0.3, -0.25) is 9.59 Å². The van der Waals surface area contributed by atoms with E-state index >= 15 is 0 Å². The van der Waals surface area contributed by atoms with Crippen LogP contribution in [0.4, 0.5) is 0 Å². The van der Waals surface area contributed by atoms with Gasteiger partial charge in [0.15, 0.2) is 11.5 Å². The Bertz CT molecular complexity index is 1630. The third-order valence-electron chi connectivity index (χ3n) is 10.1. The van der Waals surface area contributed by atoms with Crippen LogP contribution in [0.2, 0.25) is 0 Å². The molecule has 2 heterocycles. The van der Waals surface area contributed by atoms with Crippen LogP contribution in [0.5, 0.6) is 5.75 Å². The summed E-state index contributed by atoms with van der Waals surface area (Å²) in [5.74, 6) is -0.537. The van der Waals surface area contributed by atoms with E-state index in [1.165, 1.54) is 0 Å². The first-order valence-electron chi connectivity index (χ1n) is 15.5. The molecule has 2 aliphatic carbocycles. The molecule has 44 heavy (non-hydrogen) atoms. The van der Waals surface area contributed by atoms with Crippen LogP contribution < -0.4 is 4.74 Å². The predicted molar refractivity (Wildman–Crippen MR) is 169 cm³/mol. The number of carbonyl (C=O) groups excluding carboxylic acids is 2. The molecule has 3 aliphatic rings. The van der Waals surface area contributed by atoms with Gasteiger partial charge in [-0.2, -0.15) is 0 Å². The predicted octanol–water partition coefficient (Wildman–Crippen LogP) is 6.71. The zero-order valence-electron chi connectivity index (χ0n) is 27.4. The van der Waals surface area contributed by atoms with Crippen LogP contribution in [-0.2, 0) is 14.3 Å². The maximum Gasteiger partial charge on any atom is 0.354 e. The van der Waals surface area contributed by atoms with E-state index in [1.807, 2.05) is 50.8 Å². The number of hydrogen-bond acceptors (Lipinski definition) is 6. The molecule has 0 unspecified atom stereocenters. The van der Waals surface area contributed by atoms with Gasteiger partial charge in [-0.15, -0.1) is 0 Å². The monoisotopic (exact) mass is 600 g/mol. The number of methoxy groups -OCH3 is 2. The lowest BCUT2D eigenvalue weighted by molar-refractivity contribution is -0.127. The summed E-state index contributed by atoms with van der Waals surface area (Å²) in [6, 6.07) is 5.49. The number of allylic oxidation sites excluding steroid dienone is 2. The highest BCUT2D eigenvalue weighted by Crippen LogP contribution is 2.59. The van der Waals surface area contributed by atoms with Gasteiger partial charge in [-0.1, -0.05) is 13.8 Å². The van der Waals surface area contributed by atoms with E-state index in [1.54, 1.807) is 21.1 Å². The molecule has 2 atom stereocenters. The van der Waals surface area contributed by atoms with Gasteiger partial charge in [0.05, 0.1) is 31.9 Å². The summed E-state index contributed by atoms with van der Waals surface area (Å²) in [4.78, 5) is 47.2. The van der Waals surface area contributed by atoms with E-state index in [0.717, 1.165) is 29.5 Å². The molecule has 1 N–H and O–H groups in total. The summed E-state index contributed by atoms with van der Waals surface area (Å²) < 4.78 is 12.0. The van der Waals surface area contributed by atoms with Crippen molar-refractivity contribution in [3.8, 4) is 17.0 Å². The Morgan fingerprint density at radius 2 is 1.73 bits per heavy atom. The minimum atomic E-state index is -1.09. The fourth-order valence-electron chi connectivity index (χ4n) is 7.55. The van der Waals surface area contributed by atoms with Gasteiger partial charge < -0.3 is 19.5 Å². The molecule has 1 saturated carbocycles. The topological polar surface area (TPSA) is 106 Å². The van der Waals surface area contributed by atoms with Crippen molar-refractivity contribution in [2.75, 3.05) is 20.8 Å². The van der Waals surface area contributed by atoms with E-state index in [0.29, 0.717) is 64.4 Å². The molecule has 0 radical (unpaired) electrons. The van der Waals surface area contributed by atoms with Crippen molar-refractivity contribution in [1.29, 1.82) is 0 Å². The number of carboxylic acid groups (broad SMARTS) is 1. The van der Waals surface area contributed by atoms with E-state index in [2.05, 4.69) is 18.8 Å². The smallest absolute Gasteiger partial charge is 0.354 e. The number of carboxylic acids is 1. The molecular weight excluding hydrogens is 556 g/mol. The molecule has 1 aliphatic heterocycles. The third kappa shape index (κ3) is 5.02. The molecule has 2 aromatic rings. The molecule has 234 valence electrons. The van der Waals surface area contributed by atoms with Crippen LogP contribution >= 0.6 is 0 Å². The lowest BCUT2D eigenvalue weighted by atomic mass is 9.72. The van der Waals surface area contributed by atoms with Crippen molar-refractivity contribution in [3.63, 3.8) is 0 Å². The number of ether oxygens (including phenoxy) is 2. The first-order chi connectivity index (χ1) is 20.8. The summed E-state index contributed by atoms with van der Waals surface area (Å²) in [5, 5.41) is 9.89. The Labute approximate surface area is 260 Å². The van der Waals surface area contributed by atoms with Gasteiger partial charge in [0.1, 0.15) is 11.5 Å². The SMILES string of the molecule is CCN1C(=O)C([C@H](C2=C(OC)CC3(CC3)CC2=O)c2c(OC)ccc(-c3cc(C)c(C)c(C(=O)O)n3)c2C)=C(C)[C@H]1C(C)C.